The van der Waals surface area contributed by atoms with Gasteiger partial charge >= 0.3 is 12.5 Å². The molecule has 0 aliphatic rings. The summed E-state index contributed by atoms with van der Waals surface area (Å²) in [7, 11) is 1.21. The molecular formula is C21H17ClF6N6O. The van der Waals surface area contributed by atoms with Crippen LogP contribution in [0.5, 0.6) is 5.75 Å². The fourth-order valence-corrected chi connectivity index (χ4v) is 3.10. The highest BCUT2D eigenvalue weighted by atomic mass is 35.5. The van der Waals surface area contributed by atoms with Gasteiger partial charge in [0.1, 0.15) is 22.8 Å². The zero-order valence-corrected chi connectivity index (χ0v) is 18.5. The number of benzene rings is 2. The Morgan fingerprint density at radius 2 is 1.71 bits per heavy atom. The Kier molecular flexibility index (Phi) is 8.02. The maximum absolute atomic E-state index is 13.2. The van der Waals surface area contributed by atoms with Gasteiger partial charge in [0.05, 0.1) is 6.21 Å². The van der Waals surface area contributed by atoms with Crippen molar-refractivity contribution in [2.24, 2.45) is 5.10 Å². The van der Waals surface area contributed by atoms with E-state index in [1.807, 2.05) is 0 Å². The van der Waals surface area contributed by atoms with Crippen LogP contribution in [0.15, 0.2) is 59.7 Å². The normalized spacial score (nSPS) is 13.0. The van der Waals surface area contributed by atoms with Crippen molar-refractivity contribution >= 4 is 35.3 Å². The first-order chi connectivity index (χ1) is 16.4. The summed E-state index contributed by atoms with van der Waals surface area (Å²) in [5.74, 6) is -0.230. The molecule has 2 aromatic carbocycles. The molecule has 3 N–H and O–H groups in total. The molecule has 186 valence electrons. The van der Waals surface area contributed by atoms with Crippen LogP contribution in [0.2, 0.25) is 5.15 Å². The number of halogens is 7. The molecule has 0 radical (unpaired) electrons. The molecule has 0 bridgehead atoms. The molecule has 0 aliphatic carbocycles. The Balaban J connectivity index is 1.69. The largest absolute Gasteiger partial charge is 0.573 e. The Labute approximate surface area is 200 Å². The highest BCUT2D eigenvalue weighted by Gasteiger charge is 2.39. The van der Waals surface area contributed by atoms with Crippen LogP contribution in [-0.4, -0.2) is 35.8 Å². The maximum atomic E-state index is 13.2. The van der Waals surface area contributed by atoms with Crippen molar-refractivity contribution in [1.29, 1.82) is 0 Å². The molecule has 0 spiro atoms. The van der Waals surface area contributed by atoms with Crippen molar-refractivity contribution in [3.05, 3.63) is 70.9 Å². The molecule has 3 rings (SSSR count). The first kappa shape index (κ1) is 26.0. The summed E-state index contributed by atoms with van der Waals surface area (Å²) in [4.78, 5) is 8.08. The minimum atomic E-state index is -4.79. The number of nitrogens with one attached hydrogen (secondary N) is 3. The number of hydrogen-bond donors (Lipinski definition) is 3. The molecule has 14 heteroatoms. The molecule has 0 saturated heterocycles. The lowest BCUT2D eigenvalue weighted by atomic mass is 10.1. The maximum Gasteiger partial charge on any atom is 0.573 e. The minimum absolute atomic E-state index is 0.000228. The molecular weight excluding hydrogens is 502 g/mol. The van der Waals surface area contributed by atoms with Crippen molar-refractivity contribution in [3.8, 4) is 5.75 Å². The molecule has 0 saturated carbocycles. The fraction of sp³-hybridized carbons (Fsp3) is 0.190. The van der Waals surface area contributed by atoms with Gasteiger partial charge in [0, 0.05) is 11.8 Å². The first-order valence-corrected chi connectivity index (χ1v) is 10.1. The van der Waals surface area contributed by atoms with Gasteiger partial charge in [-0.3, -0.25) is 0 Å². The molecule has 0 amide bonds. The van der Waals surface area contributed by atoms with Crippen LogP contribution in [0.1, 0.15) is 17.2 Å². The van der Waals surface area contributed by atoms with Crippen molar-refractivity contribution in [3.63, 3.8) is 0 Å². The highest BCUT2D eigenvalue weighted by molar-refractivity contribution is 6.29. The molecule has 1 aromatic heterocycles. The Morgan fingerprint density at radius 3 is 2.34 bits per heavy atom. The second-order valence-electron chi connectivity index (χ2n) is 6.90. The SMILES string of the molecule is CNC(c1cccc(Nc2cc(Cl)nc(N/N=C/c3ccc(OC(F)(F)F)cc3)n2)c1)C(F)(F)F. The second kappa shape index (κ2) is 10.8. The van der Waals surface area contributed by atoms with E-state index in [-0.39, 0.29) is 28.2 Å². The third kappa shape index (κ3) is 8.00. The zero-order valence-electron chi connectivity index (χ0n) is 17.7. The number of anilines is 3. The van der Waals surface area contributed by atoms with Crippen molar-refractivity contribution in [2.45, 2.75) is 18.6 Å². The second-order valence-corrected chi connectivity index (χ2v) is 7.29. The molecule has 1 atom stereocenters. The van der Waals surface area contributed by atoms with Crippen LogP contribution in [0.3, 0.4) is 0 Å². The van der Waals surface area contributed by atoms with Crippen LogP contribution in [-0.2, 0) is 0 Å². The van der Waals surface area contributed by atoms with E-state index < -0.39 is 18.6 Å². The lowest BCUT2D eigenvalue weighted by Crippen LogP contribution is -2.31. The average Bonchev–Trinajstić information content (AvgIpc) is 2.73. The summed E-state index contributed by atoms with van der Waals surface area (Å²) in [6, 6.07) is 10.1. The van der Waals surface area contributed by atoms with Gasteiger partial charge in [0.25, 0.3) is 0 Å². The van der Waals surface area contributed by atoms with Gasteiger partial charge < -0.3 is 15.4 Å². The number of hydrazone groups is 1. The van der Waals surface area contributed by atoms with Crippen LogP contribution in [0, 0.1) is 0 Å². The molecule has 3 aromatic rings. The van der Waals surface area contributed by atoms with Gasteiger partial charge in [0.2, 0.25) is 5.95 Å². The first-order valence-electron chi connectivity index (χ1n) is 9.73. The summed E-state index contributed by atoms with van der Waals surface area (Å²) in [6.45, 7) is 0. The van der Waals surface area contributed by atoms with E-state index in [0.717, 1.165) is 12.1 Å². The number of hydrogen-bond acceptors (Lipinski definition) is 7. The summed E-state index contributed by atoms with van der Waals surface area (Å²) in [5, 5.41) is 9.02. The van der Waals surface area contributed by atoms with Crippen molar-refractivity contribution < 1.29 is 31.1 Å². The van der Waals surface area contributed by atoms with Gasteiger partial charge in [0.15, 0.2) is 0 Å². The van der Waals surface area contributed by atoms with E-state index in [0.29, 0.717) is 11.3 Å². The van der Waals surface area contributed by atoms with E-state index in [2.05, 4.69) is 35.9 Å². The number of aromatic nitrogens is 2. The minimum Gasteiger partial charge on any atom is -0.406 e. The summed E-state index contributed by atoms with van der Waals surface area (Å²) in [5.41, 5.74) is 3.31. The van der Waals surface area contributed by atoms with E-state index in [1.54, 1.807) is 6.07 Å². The van der Waals surface area contributed by atoms with E-state index in [9.17, 15) is 26.3 Å². The Bertz CT molecular complexity index is 1170. The summed E-state index contributed by atoms with van der Waals surface area (Å²) >= 11 is 6.00. The molecule has 7 nitrogen and oxygen atoms in total. The third-order valence-electron chi connectivity index (χ3n) is 4.30. The number of rotatable bonds is 8. The predicted molar refractivity (Wildman–Crippen MR) is 119 cm³/mol. The summed E-state index contributed by atoms with van der Waals surface area (Å²) in [6.07, 6.45) is -7.97. The Morgan fingerprint density at radius 1 is 1.00 bits per heavy atom. The third-order valence-corrected chi connectivity index (χ3v) is 4.49. The number of alkyl halides is 6. The smallest absolute Gasteiger partial charge is 0.406 e. The zero-order chi connectivity index (χ0) is 25.6. The van der Waals surface area contributed by atoms with E-state index >= 15 is 0 Å². The van der Waals surface area contributed by atoms with Crippen LogP contribution < -0.4 is 20.8 Å². The standard InChI is InChI=1S/C21H17ClF6N6O/c1-29-18(20(23,24)25)13-3-2-4-14(9-13)31-17-10-16(22)32-19(33-17)34-30-11-12-5-7-15(8-6-12)35-21(26,27)28/h2-11,18,29H,1H3,(H2,31,32,33,34)/b30-11+. The van der Waals surface area contributed by atoms with E-state index in [1.165, 1.54) is 49.7 Å². The quantitative estimate of drug-likeness (QED) is 0.146. The van der Waals surface area contributed by atoms with Gasteiger partial charge in [-0.25, -0.2) is 5.43 Å². The number of ether oxygens (including phenoxy) is 1. The van der Waals surface area contributed by atoms with Crippen molar-refractivity contribution in [2.75, 3.05) is 17.8 Å². The van der Waals surface area contributed by atoms with E-state index in [4.69, 9.17) is 11.6 Å². The fourth-order valence-electron chi connectivity index (χ4n) is 2.91. The van der Waals surface area contributed by atoms with Crippen LogP contribution >= 0.6 is 11.6 Å². The average molecular weight is 519 g/mol. The molecule has 1 unspecified atom stereocenters. The molecule has 1 heterocycles. The number of nitrogens with zero attached hydrogens (tertiary/aromatic N) is 3. The monoisotopic (exact) mass is 518 g/mol. The van der Waals surface area contributed by atoms with Gasteiger partial charge in [-0.05, 0) is 54.6 Å². The van der Waals surface area contributed by atoms with Crippen LogP contribution in [0.25, 0.3) is 0 Å². The lowest BCUT2D eigenvalue weighted by molar-refractivity contribution is -0.274. The van der Waals surface area contributed by atoms with Crippen molar-refractivity contribution in [1.82, 2.24) is 15.3 Å². The summed E-state index contributed by atoms with van der Waals surface area (Å²) < 4.78 is 80.0. The highest BCUT2D eigenvalue weighted by Crippen LogP contribution is 2.33. The molecule has 35 heavy (non-hydrogen) atoms. The van der Waals surface area contributed by atoms with Gasteiger partial charge in [-0.2, -0.15) is 28.2 Å². The molecule has 0 aliphatic heterocycles. The molecule has 0 fully saturated rings. The Hall–Kier alpha value is -3.58. The van der Waals surface area contributed by atoms with Gasteiger partial charge in [-0.15, -0.1) is 13.2 Å². The topological polar surface area (TPSA) is 83.5 Å². The van der Waals surface area contributed by atoms with Gasteiger partial charge in [-0.1, -0.05) is 23.7 Å². The lowest BCUT2D eigenvalue weighted by Gasteiger charge is -2.20. The van der Waals surface area contributed by atoms with Crippen LogP contribution in [0.4, 0.5) is 43.8 Å². The predicted octanol–water partition coefficient (Wildman–Crippen LogP) is 6.04.